The normalized spacial score (nSPS) is 10.8. The Labute approximate surface area is 177 Å². The van der Waals surface area contributed by atoms with Crippen LogP contribution in [0, 0.1) is 12.7 Å². The number of amides is 2. The second-order valence-electron chi connectivity index (χ2n) is 6.66. The topological polar surface area (TPSA) is 63.9 Å². The van der Waals surface area contributed by atoms with Crippen LogP contribution in [0.25, 0.3) is 11.5 Å². The first kappa shape index (κ1) is 19.7. The van der Waals surface area contributed by atoms with Gasteiger partial charge in [0.15, 0.2) is 0 Å². The molecule has 2 N–H and O–H groups in total. The summed E-state index contributed by atoms with van der Waals surface area (Å²) in [6.07, 6.45) is 3.86. The molecule has 4 aromatic rings. The quantitative estimate of drug-likeness (QED) is 0.470. The molecule has 0 aliphatic rings. The molecular weight excluding hydrogens is 405 g/mol. The van der Waals surface area contributed by atoms with Crippen molar-refractivity contribution in [1.29, 1.82) is 0 Å². The molecule has 2 amide bonds. The lowest BCUT2D eigenvalue weighted by Gasteiger charge is -2.12. The lowest BCUT2D eigenvalue weighted by Crippen LogP contribution is -2.28. The molecule has 0 aliphatic carbocycles. The summed E-state index contributed by atoms with van der Waals surface area (Å²) in [5.74, 6) is 0.303. The average molecular weight is 424 g/mol. The number of hydrogen-bond donors (Lipinski definition) is 2. The van der Waals surface area contributed by atoms with E-state index in [9.17, 15) is 9.18 Å². The van der Waals surface area contributed by atoms with E-state index < -0.39 is 11.8 Å². The molecule has 0 aliphatic heterocycles. The van der Waals surface area contributed by atoms with Crippen molar-refractivity contribution in [2.45, 2.75) is 13.5 Å². The molecule has 8 heteroatoms. The highest BCUT2D eigenvalue weighted by Gasteiger charge is 2.18. The van der Waals surface area contributed by atoms with Crippen LogP contribution < -0.4 is 10.6 Å². The number of nitrogens with zero attached hydrogens (tertiary/aromatic N) is 3. The van der Waals surface area contributed by atoms with Gasteiger partial charge in [0.1, 0.15) is 11.6 Å². The number of halogens is 2. The minimum absolute atomic E-state index is 0.0531. The second kappa shape index (κ2) is 8.42. The van der Waals surface area contributed by atoms with Gasteiger partial charge in [-0.25, -0.2) is 13.9 Å². The van der Waals surface area contributed by atoms with Crippen LogP contribution >= 0.6 is 11.6 Å². The molecule has 30 heavy (non-hydrogen) atoms. The molecule has 0 saturated heterocycles. The third kappa shape index (κ3) is 4.06. The van der Waals surface area contributed by atoms with Gasteiger partial charge in [-0.15, -0.1) is 0 Å². The average Bonchev–Trinajstić information content (AvgIpc) is 3.37. The Morgan fingerprint density at radius 3 is 2.53 bits per heavy atom. The molecule has 0 radical (unpaired) electrons. The van der Waals surface area contributed by atoms with Crippen molar-refractivity contribution in [3.05, 3.63) is 95.2 Å². The van der Waals surface area contributed by atoms with Crippen LogP contribution in [0.4, 0.5) is 14.9 Å². The minimum Gasteiger partial charge on any atom is -0.334 e. The van der Waals surface area contributed by atoms with Crippen molar-refractivity contribution >= 4 is 23.3 Å². The Morgan fingerprint density at radius 1 is 1.10 bits per heavy atom. The van der Waals surface area contributed by atoms with E-state index >= 15 is 0 Å². The van der Waals surface area contributed by atoms with Crippen LogP contribution in [-0.2, 0) is 6.54 Å². The van der Waals surface area contributed by atoms with E-state index in [2.05, 4.69) is 15.7 Å². The monoisotopic (exact) mass is 423 g/mol. The molecular formula is C22H19ClFN5O. The van der Waals surface area contributed by atoms with Crippen molar-refractivity contribution in [3.8, 4) is 11.5 Å². The lowest BCUT2D eigenvalue weighted by atomic mass is 10.2. The van der Waals surface area contributed by atoms with E-state index in [4.69, 9.17) is 11.6 Å². The molecule has 0 unspecified atom stereocenters. The Bertz CT molecular complexity index is 1170. The molecule has 0 bridgehead atoms. The number of para-hydroxylation sites is 1. The van der Waals surface area contributed by atoms with E-state index in [-0.39, 0.29) is 11.6 Å². The fourth-order valence-corrected chi connectivity index (χ4v) is 3.34. The number of aromatic nitrogens is 3. The largest absolute Gasteiger partial charge is 0.334 e. The number of carbonyl (C=O) groups is 1. The molecule has 0 spiro atoms. The first-order chi connectivity index (χ1) is 14.5. The summed E-state index contributed by atoms with van der Waals surface area (Å²) in [5, 5.41) is 10.1. The van der Waals surface area contributed by atoms with Crippen molar-refractivity contribution < 1.29 is 9.18 Å². The summed E-state index contributed by atoms with van der Waals surface area (Å²) in [4.78, 5) is 12.4. The zero-order valence-corrected chi connectivity index (χ0v) is 16.9. The van der Waals surface area contributed by atoms with Gasteiger partial charge in [0.05, 0.1) is 22.9 Å². The molecule has 0 fully saturated rings. The van der Waals surface area contributed by atoms with Crippen LogP contribution in [0.3, 0.4) is 0 Å². The van der Waals surface area contributed by atoms with E-state index in [0.717, 1.165) is 22.8 Å². The highest BCUT2D eigenvalue weighted by molar-refractivity contribution is 6.31. The number of benzene rings is 2. The SMILES string of the molecule is Cc1nn(-c2ccccc2)c(-n2cccc2)c1CNC(=O)Nc1ccc(F)c(Cl)c1. The number of hydrogen-bond acceptors (Lipinski definition) is 2. The first-order valence-corrected chi connectivity index (χ1v) is 9.68. The molecule has 0 saturated carbocycles. The van der Waals surface area contributed by atoms with E-state index in [1.165, 1.54) is 18.2 Å². The van der Waals surface area contributed by atoms with Crippen molar-refractivity contribution in [3.63, 3.8) is 0 Å². The van der Waals surface area contributed by atoms with E-state index in [0.29, 0.717) is 5.69 Å². The zero-order valence-electron chi connectivity index (χ0n) is 16.1. The van der Waals surface area contributed by atoms with E-state index in [1.54, 1.807) is 0 Å². The summed E-state index contributed by atoms with van der Waals surface area (Å²) in [5.41, 5.74) is 3.00. The van der Waals surface area contributed by atoms with Gasteiger partial charge in [-0.05, 0) is 49.4 Å². The summed E-state index contributed by atoms with van der Waals surface area (Å²) in [7, 11) is 0. The maximum atomic E-state index is 13.3. The fourth-order valence-electron chi connectivity index (χ4n) is 3.16. The maximum Gasteiger partial charge on any atom is 0.319 e. The third-order valence-corrected chi connectivity index (χ3v) is 4.90. The van der Waals surface area contributed by atoms with Crippen molar-refractivity contribution in [1.82, 2.24) is 19.7 Å². The number of nitrogens with one attached hydrogen (secondary N) is 2. The molecule has 2 heterocycles. The van der Waals surface area contributed by atoms with Crippen LogP contribution in [0.5, 0.6) is 0 Å². The minimum atomic E-state index is -0.539. The van der Waals surface area contributed by atoms with Gasteiger partial charge in [0, 0.05) is 23.6 Å². The van der Waals surface area contributed by atoms with Crippen molar-refractivity contribution in [2.24, 2.45) is 0 Å². The Balaban J connectivity index is 1.59. The summed E-state index contributed by atoms with van der Waals surface area (Å²) in [6, 6.07) is 17.2. The smallest absolute Gasteiger partial charge is 0.319 e. The van der Waals surface area contributed by atoms with Gasteiger partial charge in [-0.2, -0.15) is 5.10 Å². The van der Waals surface area contributed by atoms with Crippen LogP contribution in [-0.4, -0.2) is 20.4 Å². The summed E-state index contributed by atoms with van der Waals surface area (Å²) in [6.45, 7) is 2.16. The maximum absolute atomic E-state index is 13.3. The second-order valence-corrected chi connectivity index (χ2v) is 7.07. The Morgan fingerprint density at radius 2 is 1.83 bits per heavy atom. The Kier molecular flexibility index (Phi) is 5.54. The van der Waals surface area contributed by atoms with Crippen LogP contribution in [0.1, 0.15) is 11.3 Å². The number of anilines is 1. The van der Waals surface area contributed by atoms with Gasteiger partial charge in [0.2, 0.25) is 0 Å². The number of aryl methyl sites for hydroxylation is 1. The molecule has 2 aromatic heterocycles. The predicted octanol–water partition coefficient (Wildman–Crippen LogP) is 5.09. The number of urea groups is 1. The highest BCUT2D eigenvalue weighted by Crippen LogP contribution is 2.23. The van der Waals surface area contributed by atoms with Gasteiger partial charge < -0.3 is 15.2 Å². The number of rotatable bonds is 5. The highest BCUT2D eigenvalue weighted by atomic mass is 35.5. The van der Waals surface area contributed by atoms with Gasteiger partial charge in [-0.1, -0.05) is 29.8 Å². The molecule has 0 atom stereocenters. The van der Waals surface area contributed by atoms with Gasteiger partial charge >= 0.3 is 6.03 Å². The standard InChI is InChI=1S/C22H19ClFN5O/c1-15-18(14-25-22(30)26-16-9-10-20(24)19(23)13-16)21(28-11-5-6-12-28)29(27-15)17-7-3-2-4-8-17/h2-13H,14H2,1H3,(H2,25,26,30). The Hall–Kier alpha value is -3.58. The zero-order chi connectivity index (χ0) is 21.1. The van der Waals surface area contributed by atoms with Crippen LogP contribution in [0.2, 0.25) is 5.02 Å². The first-order valence-electron chi connectivity index (χ1n) is 9.30. The van der Waals surface area contributed by atoms with Crippen LogP contribution in [0.15, 0.2) is 73.1 Å². The van der Waals surface area contributed by atoms with Crippen molar-refractivity contribution in [2.75, 3.05) is 5.32 Å². The molecule has 152 valence electrons. The molecule has 6 nitrogen and oxygen atoms in total. The summed E-state index contributed by atoms with van der Waals surface area (Å²) >= 11 is 5.77. The molecule has 2 aromatic carbocycles. The number of carbonyl (C=O) groups excluding carboxylic acids is 1. The summed E-state index contributed by atoms with van der Waals surface area (Å²) < 4.78 is 17.1. The lowest BCUT2D eigenvalue weighted by molar-refractivity contribution is 0.251. The predicted molar refractivity (Wildman–Crippen MR) is 115 cm³/mol. The van der Waals surface area contributed by atoms with Gasteiger partial charge in [-0.3, -0.25) is 0 Å². The van der Waals surface area contributed by atoms with E-state index in [1.807, 2.05) is 71.0 Å². The van der Waals surface area contributed by atoms with Gasteiger partial charge in [0.25, 0.3) is 0 Å². The third-order valence-electron chi connectivity index (χ3n) is 4.61. The fraction of sp³-hybridized carbons (Fsp3) is 0.0909. The molecule has 4 rings (SSSR count).